The second-order valence-corrected chi connectivity index (χ2v) is 7.73. The van der Waals surface area contributed by atoms with Crippen LogP contribution in [-0.4, -0.2) is 52.4 Å². The van der Waals surface area contributed by atoms with E-state index in [-0.39, 0.29) is 11.4 Å². The highest BCUT2D eigenvalue weighted by Gasteiger charge is 2.51. The monoisotopic (exact) mass is 321 g/mol. The van der Waals surface area contributed by atoms with Gasteiger partial charge < -0.3 is 4.90 Å². The molecule has 0 N–H and O–H groups in total. The van der Waals surface area contributed by atoms with Crippen molar-refractivity contribution in [2.24, 2.45) is 5.92 Å². The summed E-state index contributed by atoms with van der Waals surface area (Å²) >= 11 is 0. The van der Waals surface area contributed by atoms with E-state index < -0.39 is 0 Å². The van der Waals surface area contributed by atoms with E-state index in [1.807, 2.05) is 41.3 Å². The molecule has 1 aromatic carbocycles. The van der Waals surface area contributed by atoms with Crippen molar-refractivity contribution in [3.8, 4) is 0 Å². The van der Waals surface area contributed by atoms with Gasteiger partial charge in [-0.1, -0.05) is 24.3 Å². The van der Waals surface area contributed by atoms with Crippen LogP contribution in [0.5, 0.6) is 0 Å². The first-order chi connectivity index (χ1) is 11.7. The number of amides is 1. The number of nitrogens with zero attached hydrogens (tertiary/aromatic N) is 3. The molecule has 4 heteroatoms. The Morgan fingerprint density at radius 1 is 1.12 bits per heavy atom. The molecular formula is C20H23N3O. The van der Waals surface area contributed by atoms with Gasteiger partial charge in [0.2, 0.25) is 0 Å². The zero-order valence-corrected chi connectivity index (χ0v) is 13.9. The summed E-state index contributed by atoms with van der Waals surface area (Å²) in [5.74, 6) is 1.02. The van der Waals surface area contributed by atoms with Gasteiger partial charge in [0.1, 0.15) is 5.69 Å². The Balaban J connectivity index is 1.33. The minimum atomic E-state index is 0.0934. The van der Waals surface area contributed by atoms with Gasteiger partial charge in [-0.15, -0.1) is 0 Å². The van der Waals surface area contributed by atoms with Crippen LogP contribution in [0.2, 0.25) is 0 Å². The minimum Gasteiger partial charge on any atom is -0.335 e. The lowest BCUT2D eigenvalue weighted by Crippen LogP contribution is -2.61. The molecule has 5 rings (SSSR count). The average molecular weight is 321 g/mol. The van der Waals surface area contributed by atoms with E-state index in [0.29, 0.717) is 5.69 Å². The van der Waals surface area contributed by atoms with Crippen LogP contribution in [0, 0.1) is 5.92 Å². The summed E-state index contributed by atoms with van der Waals surface area (Å²) in [7, 11) is 0. The average Bonchev–Trinajstić information content (AvgIpc) is 3.32. The van der Waals surface area contributed by atoms with Crippen LogP contribution in [-0.2, 0) is 0 Å². The first-order valence-electron chi connectivity index (χ1n) is 9.14. The molecule has 1 atom stereocenters. The molecule has 1 aliphatic carbocycles. The molecule has 1 unspecified atom stereocenters. The molecule has 2 saturated heterocycles. The van der Waals surface area contributed by atoms with Crippen LogP contribution < -0.4 is 0 Å². The van der Waals surface area contributed by atoms with Crippen molar-refractivity contribution in [2.75, 3.05) is 26.2 Å². The summed E-state index contributed by atoms with van der Waals surface area (Å²) in [4.78, 5) is 22.2. The van der Waals surface area contributed by atoms with Crippen LogP contribution in [0.25, 0.3) is 10.9 Å². The van der Waals surface area contributed by atoms with Crippen LogP contribution in [0.3, 0.4) is 0 Å². The highest BCUT2D eigenvalue weighted by molar-refractivity contribution is 5.95. The number of rotatable bonds is 3. The van der Waals surface area contributed by atoms with E-state index in [1.54, 1.807) is 0 Å². The summed E-state index contributed by atoms with van der Waals surface area (Å²) in [5.41, 5.74) is 1.75. The smallest absolute Gasteiger partial charge is 0.272 e. The quantitative estimate of drug-likeness (QED) is 0.872. The third-order valence-corrected chi connectivity index (χ3v) is 6.13. The molecule has 1 saturated carbocycles. The van der Waals surface area contributed by atoms with Gasteiger partial charge in [0.15, 0.2) is 0 Å². The topological polar surface area (TPSA) is 36.4 Å². The highest BCUT2D eigenvalue weighted by Crippen LogP contribution is 2.42. The Hall–Kier alpha value is -1.94. The number of benzene rings is 1. The lowest BCUT2D eigenvalue weighted by atomic mass is 9.83. The van der Waals surface area contributed by atoms with Gasteiger partial charge in [0, 0.05) is 37.1 Å². The van der Waals surface area contributed by atoms with E-state index in [4.69, 9.17) is 0 Å². The van der Waals surface area contributed by atoms with Crippen LogP contribution in [0.4, 0.5) is 0 Å². The van der Waals surface area contributed by atoms with Gasteiger partial charge in [0.05, 0.1) is 5.52 Å². The fourth-order valence-electron chi connectivity index (χ4n) is 4.32. The number of fused-ring (bicyclic) bond motifs is 1. The normalized spacial score (nSPS) is 26.9. The highest BCUT2D eigenvalue weighted by atomic mass is 16.2. The number of pyridine rings is 1. The summed E-state index contributed by atoms with van der Waals surface area (Å²) in [5, 5.41) is 1.08. The fraction of sp³-hybridized carbons (Fsp3) is 0.500. The van der Waals surface area contributed by atoms with E-state index in [1.165, 1.54) is 32.4 Å². The maximum Gasteiger partial charge on any atom is 0.272 e. The van der Waals surface area contributed by atoms with Crippen LogP contribution in [0.1, 0.15) is 36.2 Å². The number of para-hydroxylation sites is 1. The Labute approximate surface area is 142 Å². The van der Waals surface area contributed by atoms with Gasteiger partial charge >= 0.3 is 0 Å². The zero-order valence-electron chi connectivity index (χ0n) is 13.9. The number of aromatic nitrogens is 1. The summed E-state index contributed by atoms with van der Waals surface area (Å²) < 4.78 is 0. The molecule has 3 heterocycles. The number of likely N-dealkylation sites (tertiary alicyclic amines) is 2. The lowest BCUT2D eigenvalue weighted by Gasteiger charge is -2.51. The molecule has 3 fully saturated rings. The molecule has 3 aliphatic rings. The number of carbonyl (C=O) groups is 1. The van der Waals surface area contributed by atoms with Gasteiger partial charge in [0.25, 0.3) is 5.91 Å². The predicted octanol–water partition coefficient (Wildman–Crippen LogP) is 2.94. The molecule has 1 spiro atoms. The van der Waals surface area contributed by atoms with Crippen molar-refractivity contribution in [3.05, 3.63) is 42.1 Å². The van der Waals surface area contributed by atoms with Crippen molar-refractivity contribution in [1.82, 2.24) is 14.8 Å². The first kappa shape index (κ1) is 14.4. The van der Waals surface area contributed by atoms with E-state index in [0.717, 1.165) is 36.3 Å². The zero-order chi connectivity index (χ0) is 16.1. The molecule has 2 aromatic rings. The molecule has 0 bridgehead atoms. The largest absolute Gasteiger partial charge is 0.335 e. The fourth-order valence-corrected chi connectivity index (χ4v) is 4.32. The van der Waals surface area contributed by atoms with Crippen LogP contribution >= 0.6 is 0 Å². The molecule has 0 radical (unpaired) electrons. The second kappa shape index (κ2) is 5.28. The van der Waals surface area contributed by atoms with Crippen molar-refractivity contribution >= 4 is 16.8 Å². The summed E-state index contributed by atoms with van der Waals surface area (Å²) in [6.07, 6.45) is 5.17. The van der Waals surface area contributed by atoms with Crippen molar-refractivity contribution in [1.29, 1.82) is 0 Å². The van der Waals surface area contributed by atoms with E-state index in [9.17, 15) is 4.79 Å². The van der Waals surface area contributed by atoms with Crippen molar-refractivity contribution in [3.63, 3.8) is 0 Å². The number of carbonyl (C=O) groups excluding carboxylic acids is 1. The van der Waals surface area contributed by atoms with Gasteiger partial charge in [-0.05, 0) is 43.7 Å². The van der Waals surface area contributed by atoms with E-state index >= 15 is 0 Å². The molecule has 2 aliphatic heterocycles. The Bertz CT molecular complexity index is 800. The Morgan fingerprint density at radius 2 is 1.96 bits per heavy atom. The van der Waals surface area contributed by atoms with Crippen molar-refractivity contribution < 1.29 is 4.79 Å². The third kappa shape index (κ3) is 2.32. The molecule has 24 heavy (non-hydrogen) atoms. The second-order valence-electron chi connectivity index (χ2n) is 7.73. The maximum atomic E-state index is 12.9. The molecule has 1 amide bonds. The SMILES string of the molecule is O=C(c1ccc2ccccc2n1)N1CCC2(CCN2CC2CC2)C1. The minimum absolute atomic E-state index is 0.0934. The first-order valence-corrected chi connectivity index (χ1v) is 9.14. The Kier molecular flexibility index (Phi) is 3.17. The summed E-state index contributed by atoms with van der Waals surface area (Å²) in [6, 6.07) is 11.9. The molecule has 124 valence electrons. The predicted molar refractivity (Wildman–Crippen MR) is 93.9 cm³/mol. The molecule has 4 nitrogen and oxygen atoms in total. The Morgan fingerprint density at radius 3 is 2.75 bits per heavy atom. The standard InChI is InChI=1S/C20H23N3O/c24-19(18-8-7-16-3-1-2-4-17(16)21-18)22-11-9-20(14-22)10-12-23(20)13-15-5-6-15/h1-4,7-8,15H,5-6,9-14H2. The number of hydrogen-bond acceptors (Lipinski definition) is 3. The maximum absolute atomic E-state index is 12.9. The van der Waals surface area contributed by atoms with Crippen molar-refractivity contribution in [2.45, 2.75) is 31.2 Å². The van der Waals surface area contributed by atoms with Gasteiger partial charge in [-0.2, -0.15) is 0 Å². The number of hydrogen-bond donors (Lipinski definition) is 0. The summed E-state index contributed by atoms with van der Waals surface area (Å²) in [6.45, 7) is 4.21. The van der Waals surface area contributed by atoms with E-state index in [2.05, 4.69) is 9.88 Å². The van der Waals surface area contributed by atoms with Crippen LogP contribution in [0.15, 0.2) is 36.4 Å². The lowest BCUT2D eigenvalue weighted by molar-refractivity contribution is -0.00935. The molecule has 1 aromatic heterocycles. The third-order valence-electron chi connectivity index (χ3n) is 6.13. The molecular weight excluding hydrogens is 298 g/mol. The van der Waals surface area contributed by atoms with Gasteiger partial charge in [-0.3, -0.25) is 9.69 Å². The van der Waals surface area contributed by atoms with Gasteiger partial charge in [-0.25, -0.2) is 4.98 Å².